The molecule has 0 aliphatic heterocycles. The van der Waals surface area contributed by atoms with Crippen LogP contribution in [-0.2, 0) is 16.0 Å². The second-order valence-corrected chi connectivity index (χ2v) is 4.73. The van der Waals surface area contributed by atoms with Crippen molar-refractivity contribution in [3.8, 4) is 0 Å². The molecule has 1 N–H and O–H groups in total. The first-order valence-electron chi connectivity index (χ1n) is 5.64. The molecule has 0 fully saturated rings. The molecule has 2 atom stereocenters. The molecule has 0 aliphatic rings. The highest BCUT2D eigenvalue weighted by atomic mass is 32.1. The number of methoxy groups -OCH3 is 1. The minimum Gasteiger partial charge on any atom is -0.453 e. The first-order chi connectivity index (χ1) is 8.54. The monoisotopic (exact) mass is 267 g/mol. The number of alkyl carbamates (subject to hydrolysis) is 1. The molecule has 0 spiro atoms. The zero-order valence-corrected chi connectivity index (χ0v) is 11.3. The molecule has 0 radical (unpaired) electrons. The molecule has 0 heterocycles. The van der Waals surface area contributed by atoms with E-state index in [4.69, 9.17) is 0 Å². The second kappa shape index (κ2) is 7.06. The van der Waals surface area contributed by atoms with Gasteiger partial charge in [-0.1, -0.05) is 30.3 Å². The zero-order chi connectivity index (χ0) is 13.5. The van der Waals surface area contributed by atoms with Crippen molar-refractivity contribution >= 4 is 24.5 Å². The molecular formula is C13H17NO3S. The molecule has 0 bridgehead atoms. The Bertz CT molecular complexity index is 406. The van der Waals surface area contributed by atoms with Gasteiger partial charge in [0.15, 0.2) is 5.78 Å². The molecule has 1 rings (SSSR count). The largest absolute Gasteiger partial charge is 0.453 e. The standard InChI is InChI=1S/C13H17NO3S/c1-9(18)12(15)11(14-13(16)17-2)8-10-6-4-3-5-7-10/h3-7,9,11,18H,8H2,1-2H3,(H,14,16)/t9?,11-/m1/s1. The third kappa shape index (κ3) is 4.41. The van der Waals surface area contributed by atoms with Gasteiger partial charge in [0.1, 0.15) is 0 Å². The number of amides is 1. The molecule has 0 aromatic heterocycles. The molecule has 0 saturated heterocycles. The molecule has 1 unspecified atom stereocenters. The van der Waals surface area contributed by atoms with E-state index in [0.29, 0.717) is 6.42 Å². The van der Waals surface area contributed by atoms with Crippen LogP contribution >= 0.6 is 12.6 Å². The molecule has 5 heteroatoms. The summed E-state index contributed by atoms with van der Waals surface area (Å²) in [5.41, 5.74) is 0.973. The Morgan fingerprint density at radius 1 is 1.33 bits per heavy atom. The number of ketones is 1. The van der Waals surface area contributed by atoms with E-state index in [9.17, 15) is 9.59 Å². The van der Waals surface area contributed by atoms with Crippen LogP contribution in [0.5, 0.6) is 0 Å². The van der Waals surface area contributed by atoms with Gasteiger partial charge in [0.2, 0.25) is 0 Å². The van der Waals surface area contributed by atoms with Gasteiger partial charge in [-0.15, -0.1) is 0 Å². The van der Waals surface area contributed by atoms with E-state index in [1.807, 2.05) is 30.3 Å². The Labute approximate surface area is 112 Å². The summed E-state index contributed by atoms with van der Waals surface area (Å²) in [4.78, 5) is 23.2. The smallest absolute Gasteiger partial charge is 0.407 e. The van der Waals surface area contributed by atoms with Crippen LogP contribution in [0.3, 0.4) is 0 Å². The topological polar surface area (TPSA) is 55.4 Å². The number of carbonyl (C=O) groups excluding carboxylic acids is 2. The van der Waals surface area contributed by atoms with Crippen molar-refractivity contribution in [2.45, 2.75) is 24.6 Å². The summed E-state index contributed by atoms with van der Waals surface area (Å²) in [5, 5.41) is 2.10. The first-order valence-corrected chi connectivity index (χ1v) is 6.16. The predicted octanol–water partition coefficient (Wildman–Crippen LogP) is 1.84. The maximum atomic E-state index is 12.0. The quantitative estimate of drug-likeness (QED) is 0.800. The van der Waals surface area contributed by atoms with E-state index in [2.05, 4.69) is 22.7 Å². The third-order valence-electron chi connectivity index (χ3n) is 2.52. The summed E-state index contributed by atoms with van der Waals surface area (Å²) in [6.07, 6.45) is -0.182. The number of nitrogens with one attached hydrogen (secondary N) is 1. The fourth-order valence-electron chi connectivity index (χ4n) is 1.56. The Morgan fingerprint density at radius 2 is 1.94 bits per heavy atom. The van der Waals surface area contributed by atoms with Crippen LogP contribution in [0.25, 0.3) is 0 Å². The van der Waals surface area contributed by atoms with Gasteiger partial charge in [-0.3, -0.25) is 4.79 Å². The first kappa shape index (κ1) is 14.6. The molecule has 1 aromatic carbocycles. The summed E-state index contributed by atoms with van der Waals surface area (Å²) < 4.78 is 4.52. The van der Waals surface area contributed by atoms with Crippen molar-refractivity contribution in [3.05, 3.63) is 35.9 Å². The summed E-state index contributed by atoms with van der Waals surface area (Å²) in [5.74, 6) is -0.132. The van der Waals surface area contributed by atoms with Crippen molar-refractivity contribution in [1.82, 2.24) is 5.32 Å². The predicted molar refractivity (Wildman–Crippen MR) is 72.9 cm³/mol. The molecule has 1 aromatic rings. The highest BCUT2D eigenvalue weighted by Crippen LogP contribution is 2.08. The highest BCUT2D eigenvalue weighted by molar-refractivity contribution is 7.81. The Hall–Kier alpha value is -1.49. The fraction of sp³-hybridized carbons (Fsp3) is 0.385. The number of benzene rings is 1. The minimum atomic E-state index is -0.618. The summed E-state index contributed by atoms with van der Waals surface area (Å²) in [7, 11) is 1.27. The van der Waals surface area contributed by atoms with Gasteiger partial charge in [-0.05, 0) is 18.9 Å². The van der Waals surface area contributed by atoms with E-state index in [1.165, 1.54) is 7.11 Å². The van der Waals surface area contributed by atoms with E-state index in [1.54, 1.807) is 6.92 Å². The van der Waals surface area contributed by atoms with Crippen molar-refractivity contribution in [3.63, 3.8) is 0 Å². The van der Waals surface area contributed by atoms with Crippen molar-refractivity contribution in [2.24, 2.45) is 0 Å². The third-order valence-corrected chi connectivity index (χ3v) is 2.77. The van der Waals surface area contributed by atoms with Crippen LogP contribution in [0.4, 0.5) is 4.79 Å². The summed E-state index contributed by atoms with van der Waals surface area (Å²) in [6, 6.07) is 8.87. The average molecular weight is 267 g/mol. The van der Waals surface area contributed by atoms with Gasteiger partial charge < -0.3 is 10.1 Å². The van der Waals surface area contributed by atoms with Crippen molar-refractivity contribution < 1.29 is 14.3 Å². The number of thiol groups is 1. The number of ether oxygens (including phenoxy) is 1. The Morgan fingerprint density at radius 3 is 2.44 bits per heavy atom. The lowest BCUT2D eigenvalue weighted by molar-refractivity contribution is -0.120. The average Bonchev–Trinajstić information content (AvgIpc) is 2.38. The SMILES string of the molecule is COC(=O)N[C@H](Cc1ccccc1)C(=O)C(C)S. The number of hydrogen-bond donors (Lipinski definition) is 2. The highest BCUT2D eigenvalue weighted by Gasteiger charge is 2.24. The second-order valence-electron chi connectivity index (χ2n) is 3.96. The number of hydrogen-bond acceptors (Lipinski definition) is 4. The van der Waals surface area contributed by atoms with E-state index >= 15 is 0 Å². The van der Waals surface area contributed by atoms with Crippen molar-refractivity contribution in [2.75, 3.05) is 7.11 Å². The van der Waals surface area contributed by atoms with Gasteiger partial charge in [-0.2, -0.15) is 12.6 Å². The molecule has 1 amide bonds. The maximum absolute atomic E-state index is 12.0. The number of Topliss-reactive ketones (excluding diaryl/α,β-unsaturated/α-hetero) is 1. The minimum absolute atomic E-state index is 0.132. The summed E-state index contributed by atoms with van der Waals surface area (Å²) >= 11 is 4.11. The summed E-state index contributed by atoms with van der Waals surface area (Å²) in [6.45, 7) is 1.68. The normalized spacial score (nSPS) is 13.5. The van der Waals surface area contributed by atoms with Gasteiger partial charge in [-0.25, -0.2) is 4.79 Å². The lowest BCUT2D eigenvalue weighted by atomic mass is 10.0. The Kier molecular flexibility index (Phi) is 5.71. The molecule has 0 saturated carbocycles. The van der Waals surface area contributed by atoms with E-state index in [0.717, 1.165) is 5.56 Å². The van der Waals surface area contributed by atoms with Crippen LogP contribution in [0.1, 0.15) is 12.5 Å². The molecular weight excluding hydrogens is 250 g/mol. The zero-order valence-electron chi connectivity index (χ0n) is 10.4. The molecule has 98 valence electrons. The van der Waals surface area contributed by atoms with Crippen LogP contribution in [0.2, 0.25) is 0 Å². The fourth-order valence-corrected chi connectivity index (χ4v) is 1.74. The van der Waals surface area contributed by atoms with Gasteiger partial charge in [0, 0.05) is 0 Å². The molecule has 4 nitrogen and oxygen atoms in total. The van der Waals surface area contributed by atoms with Gasteiger partial charge >= 0.3 is 6.09 Å². The number of carbonyl (C=O) groups is 2. The number of rotatable bonds is 5. The van der Waals surface area contributed by atoms with Gasteiger partial charge in [0.05, 0.1) is 18.4 Å². The molecule has 18 heavy (non-hydrogen) atoms. The van der Waals surface area contributed by atoms with E-state index < -0.39 is 17.4 Å². The van der Waals surface area contributed by atoms with Crippen LogP contribution in [0.15, 0.2) is 30.3 Å². The van der Waals surface area contributed by atoms with Crippen molar-refractivity contribution in [1.29, 1.82) is 0 Å². The van der Waals surface area contributed by atoms with Crippen LogP contribution < -0.4 is 5.32 Å². The van der Waals surface area contributed by atoms with E-state index in [-0.39, 0.29) is 5.78 Å². The lowest BCUT2D eigenvalue weighted by Crippen LogP contribution is -2.45. The maximum Gasteiger partial charge on any atom is 0.407 e. The lowest BCUT2D eigenvalue weighted by Gasteiger charge is -2.18. The van der Waals surface area contributed by atoms with Crippen LogP contribution in [0, 0.1) is 0 Å². The van der Waals surface area contributed by atoms with Gasteiger partial charge in [0.25, 0.3) is 0 Å². The van der Waals surface area contributed by atoms with Crippen LogP contribution in [-0.4, -0.2) is 30.3 Å². The Balaban J connectivity index is 2.77. The molecule has 0 aliphatic carbocycles.